The number of rotatable bonds is 9. The van der Waals surface area contributed by atoms with Gasteiger partial charge < -0.3 is 10.2 Å². The number of aliphatic hydroxyl groups excluding tert-OH is 1. The maximum Gasteiger partial charge on any atom is 0.309 e. The highest BCUT2D eigenvalue weighted by molar-refractivity contribution is 5.77. The number of aryl methyl sites for hydroxylation is 3. The van der Waals surface area contributed by atoms with E-state index in [1.54, 1.807) is 13.0 Å². The van der Waals surface area contributed by atoms with Crippen LogP contribution in [0.4, 0.5) is 8.78 Å². The van der Waals surface area contributed by atoms with Crippen LogP contribution in [0.1, 0.15) is 24.0 Å². The Labute approximate surface area is 205 Å². The van der Waals surface area contributed by atoms with Gasteiger partial charge in [0.25, 0.3) is 5.56 Å². The summed E-state index contributed by atoms with van der Waals surface area (Å²) < 4.78 is 28.8. The number of nitrogens with zero attached hydrogens (tertiary/aromatic N) is 3. The lowest BCUT2D eigenvalue weighted by molar-refractivity contribution is -0.146. The molecule has 1 aromatic heterocycles. The van der Waals surface area contributed by atoms with E-state index in [9.17, 15) is 28.6 Å². The van der Waals surface area contributed by atoms with Crippen molar-refractivity contribution in [2.24, 2.45) is 5.92 Å². The maximum atomic E-state index is 14.1. The molecule has 7 nitrogen and oxygen atoms in total. The van der Waals surface area contributed by atoms with E-state index in [-0.39, 0.29) is 36.1 Å². The predicted molar refractivity (Wildman–Crippen MR) is 130 cm³/mol. The van der Waals surface area contributed by atoms with Crippen molar-refractivity contribution in [1.29, 1.82) is 0 Å². The molecule has 0 saturated heterocycles. The first-order chi connectivity index (χ1) is 17.2. The molecule has 0 radical (unpaired) electrons. The highest BCUT2D eigenvalue weighted by Gasteiger charge is 2.26. The molecule has 4 rings (SSSR count). The van der Waals surface area contributed by atoms with Crippen molar-refractivity contribution >= 4 is 16.9 Å². The number of carboxylic acids is 1. The van der Waals surface area contributed by atoms with Crippen LogP contribution in [0.25, 0.3) is 22.0 Å². The normalized spacial score (nSPS) is 13.0. The van der Waals surface area contributed by atoms with E-state index in [1.807, 2.05) is 30.3 Å². The second kappa shape index (κ2) is 10.7. The van der Waals surface area contributed by atoms with E-state index in [4.69, 9.17) is 0 Å². The molecule has 0 aliphatic heterocycles. The summed E-state index contributed by atoms with van der Waals surface area (Å²) in [6.07, 6.45) is -0.644. The molecular formula is C27H25F2N3O4. The minimum atomic E-state index is -1.20. The van der Waals surface area contributed by atoms with Crippen LogP contribution in [0.5, 0.6) is 0 Å². The standard InChI is InChI=1S/C27H25F2N3O4/c1-16-5-9-19(15-22(16)29)18-10-6-17(7-11-18)8-12-24(33)20(27(35)36)13-14-32-26(34)25-21(28)3-2-4-23(25)30-31-32/h2-7,9-11,15,20,24,33H,8,12-14H2,1H3,(H,35,36)/t20-,24+/m0/s1. The number of fused-ring (bicyclic) bond motifs is 1. The molecule has 0 unspecified atom stereocenters. The van der Waals surface area contributed by atoms with Gasteiger partial charge >= 0.3 is 5.97 Å². The van der Waals surface area contributed by atoms with Crippen molar-refractivity contribution in [3.63, 3.8) is 0 Å². The zero-order chi connectivity index (χ0) is 25.8. The number of halogens is 2. The number of aliphatic carboxylic acids is 1. The van der Waals surface area contributed by atoms with Crippen LogP contribution in [0.15, 0.2) is 65.5 Å². The third kappa shape index (κ3) is 5.46. The summed E-state index contributed by atoms with van der Waals surface area (Å²) in [7, 11) is 0. The molecule has 2 atom stereocenters. The van der Waals surface area contributed by atoms with Gasteiger partial charge in [-0.2, -0.15) is 0 Å². The minimum absolute atomic E-state index is 0.0804. The van der Waals surface area contributed by atoms with Crippen LogP contribution < -0.4 is 5.56 Å². The van der Waals surface area contributed by atoms with Crippen LogP contribution in [0.2, 0.25) is 0 Å². The summed E-state index contributed by atoms with van der Waals surface area (Å²) >= 11 is 0. The molecule has 0 aliphatic rings. The summed E-state index contributed by atoms with van der Waals surface area (Å²) in [5, 5.41) is 27.6. The minimum Gasteiger partial charge on any atom is -0.481 e. The summed E-state index contributed by atoms with van der Waals surface area (Å²) in [6, 6.07) is 16.5. The SMILES string of the molecule is Cc1ccc(-c2ccc(CC[C@@H](O)[C@H](CCn3nnc4cccc(F)c4c3=O)C(=O)O)cc2)cc1F. The molecular weight excluding hydrogens is 468 g/mol. The average molecular weight is 494 g/mol. The molecule has 0 spiro atoms. The number of aromatic nitrogens is 3. The van der Waals surface area contributed by atoms with Crippen molar-refractivity contribution in [3.8, 4) is 11.1 Å². The second-order valence-corrected chi connectivity index (χ2v) is 8.75. The van der Waals surface area contributed by atoms with Gasteiger partial charge in [0.1, 0.15) is 22.5 Å². The fourth-order valence-corrected chi connectivity index (χ4v) is 4.12. The number of hydrogen-bond donors (Lipinski definition) is 2. The van der Waals surface area contributed by atoms with Crippen molar-refractivity contribution in [2.75, 3.05) is 0 Å². The Kier molecular flexibility index (Phi) is 7.49. The van der Waals surface area contributed by atoms with Gasteiger partial charge in [-0.05, 0) is 66.6 Å². The van der Waals surface area contributed by atoms with Crippen LogP contribution in [-0.4, -0.2) is 37.3 Å². The average Bonchev–Trinajstić information content (AvgIpc) is 2.86. The predicted octanol–water partition coefficient (Wildman–Crippen LogP) is 4.13. The molecule has 3 aromatic carbocycles. The van der Waals surface area contributed by atoms with Gasteiger partial charge in [-0.15, -0.1) is 5.10 Å². The molecule has 0 saturated carbocycles. The third-order valence-electron chi connectivity index (χ3n) is 6.32. The van der Waals surface area contributed by atoms with E-state index in [0.29, 0.717) is 12.0 Å². The molecule has 186 valence electrons. The fraction of sp³-hybridized carbons (Fsp3) is 0.259. The molecule has 0 aliphatic carbocycles. The molecule has 1 heterocycles. The molecule has 0 bridgehead atoms. The zero-order valence-electron chi connectivity index (χ0n) is 19.6. The van der Waals surface area contributed by atoms with Gasteiger partial charge in [0, 0.05) is 6.54 Å². The Morgan fingerprint density at radius 2 is 1.72 bits per heavy atom. The summed E-state index contributed by atoms with van der Waals surface area (Å²) in [4.78, 5) is 24.4. The van der Waals surface area contributed by atoms with E-state index in [2.05, 4.69) is 10.3 Å². The van der Waals surface area contributed by atoms with E-state index >= 15 is 0 Å². The lowest BCUT2D eigenvalue weighted by Gasteiger charge is -2.19. The highest BCUT2D eigenvalue weighted by atomic mass is 19.1. The van der Waals surface area contributed by atoms with Crippen molar-refractivity contribution in [3.05, 3.63) is 93.8 Å². The van der Waals surface area contributed by atoms with Gasteiger partial charge in [-0.1, -0.05) is 47.7 Å². The van der Waals surface area contributed by atoms with E-state index < -0.39 is 29.4 Å². The summed E-state index contributed by atoms with van der Waals surface area (Å²) in [6.45, 7) is 1.57. The Morgan fingerprint density at radius 1 is 1.00 bits per heavy atom. The topological polar surface area (TPSA) is 105 Å². The largest absolute Gasteiger partial charge is 0.481 e. The first kappa shape index (κ1) is 25.1. The first-order valence-corrected chi connectivity index (χ1v) is 11.5. The Bertz CT molecular complexity index is 1450. The maximum absolute atomic E-state index is 14.1. The van der Waals surface area contributed by atoms with Gasteiger partial charge in [0.05, 0.1) is 12.0 Å². The molecule has 0 amide bonds. The summed E-state index contributed by atoms with van der Waals surface area (Å²) in [5.41, 5.74) is 2.47. The van der Waals surface area contributed by atoms with Crippen molar-refractivity contribution in [2.45, 2.75) is 38.8 Å². The third-order valence-corrected chi connectivity index (χ3v) is 6.32. The Morgan fingerprint density at radius 3 is 2.42 bits per heavy atom. The molecule has 9 heteroatoms. The molecule has 36 heavy (non-hydrogen) atoms. The smallest absolute Gasteiger partial charge is 0.309 e. The lowest BCUT2D eigenvalue weighted by Crippen LogP contribution is -2.32. The number of aliphatic hydroxyl groups is 1. The molecule has 4 aromatic rings. The molecule has 0 fully saturated rings. The Balaban J connectivity index is 1.39. The Hall–Kier alpha value is -3.98. The van der Waals surface area contributed by atoms with Gasteiger partial charge in [-0.25, -0.2) is 13.5 Å². The fourth-order valence-electron chi connectivity index (χ4n) is 4.12. The number of hydrogen-bond acceptors (Lipinski definition) is 5. The zero-order valence-corrected chi connectivity index (χ0v) is 19.6. The lowest BCUT2D eigenvalue weighted by atomic mass is 9.93. The van der Waals surface area contributed by atoms with Crippen LogP contribution in [-0.2, 0) is 17.8 Å². The summed E-state index contributed by atoms with van der Waals surface area (Å²) in [5.74, 6) is -3.35. The van der Waals surface area contributed by atoms with Crippen LogP contribution >= 0.6 is 0 Å². The van der Waals surface area contributed by atoms with E-state index in [1.165, 1.54) is 18.2 Å². The quantitative estimate of drug-likeness (QED) is 0.363. The first-order valence-electron chi connectivity index (χ1n) is 11.5. The van der Waals surface area contributed by atoms with Gasteiger partial charge in [-0.3, -0.25) is 9.59 Å². The number of carboxylic acid groups (broad SMARTS) is 1. The van der Waals surface area contributed by atoms with Crippen molar-refractivity contribution in [1.82, 2.24) is 15.0 Å². The number of benzene rings is 3. The number of carbonyl (C=O) groups is 1. The monoisotopic (exact) mass is 493 g/mol. The van der Waals surface area contributed by atoms with Gasteiger partial charge in [0.2, 0.25) is 0 Å². The molecule has 2 N–H and O–H groups in total. The van der Waals surface area contributed by atoms with Gasteiger partial charge in [0.15, 0.2) is 0 Å². The van der Waals surface area contributed by atoms with Crippen molar-refractivity contribution < 1.29 is 23.8 Å². The van der Waals surface area contributed by atoms with Crippen LogP contribution in [0.3, 0.4) is 0 Å². The van der Waals surface area contributed by atoms with Crippen LogP contribution in [0, 0.1) is 24.5 Å². The highest BCUT2D eigenvalue weighted by Crippen LogP contribution is 2.23. The van der Waals surface area contributed by atoms with E-state index in [0.717, 1.165) is 27.4 Å². The second-order valence-electron chi connectivity index (χ2n) is 8.75.